The van der Waals surface area contributed by atoms with Crippen LogP contribution in [0.1, 0.15) is 64.4 Å². The van der Waals surface area contributed by atoms with Crippen LogP contribution >= 0.6 is 34.8 Å². The zero-order valence-corrected chi connectivity index (χ0v) is 30.6. The number of carbonyl (C=O) groups excluding carboxylic acids is 2. The molecule has 1 aliphatic rings. The topological polar surface area (TPSA) is 140 Å². The maximum atomic E-state index is 12.8. The lowest BCUT2D eigenvalue weighted by Crippen LogP contribution is -2.65. The van der Waals surface area contributed by atoms with Gasteiger partial charge in [0.2, 0.25) is 10.1 Å². The summed E-state index contributed by atoms with van der Waals surface area (Å²) >= 11 is 17.2. The van der Waals surface area contributed by atoms with Gasteiger partial charge in [0.05, 0.1) is 26.1 Å². The van der Waals surface area contributed by atoms with Gasteiger partial charge in [-0.2, -0.15) is 0 Å². The number of halogens is 3. The third kappa shape index (κ3) is 17.4. The van der Waals surface area contributed by atoms with Crippen molar-refractivity contribution < 1.29 is 52.6 Å². The molecule has 6 atom stereocenters. The number of methoxy groups -OCH3 is 1. The number of hydrogen-bond acceptors (Lipinski definition) is 11. The Kier molecular flexibility index (Phi) is 20.8. The van der Waals surface area contributed by atoms with Crippen molar-refractivity contribution in [2.75, 3.05) is 33.5 Å². The first kappa shape index (κ1) is 42.7. The first-order valence-electron chi connectivity index (χ1n) is 16.4. The highest BCUT2D eigenvalue weighted by Crippen LogP contribution is 2.28. The number of alkyl halides is 3. The molecule has 1 amide bonds. The molecule has 2 N–H and O–H groups in total. The van der Waals surface area contributed by atoms with Gasteiger partial charge in [0.1, 0.15) is 49.9 Å². The molecule has 0 bridgehead atoms. The predicted molar refractivity (Wildman–Crippen MR) is 186 cm³/mol. The second-order valence-corrected chi connectivity index (χ2v) is 13.8. The molecule has 0 aromatic heterocycles. The predicted octanol–water partition coefficient (Wildman–Crippen LogP) is 7.16. The zero-order chi connectivity index (χ0) is 36.1. The van der Waals surface area contributed by atoms with E-state index in [0.29, 0.717) is 13.0 Å². The number of rotatable bonds is 22. The molecule has 1 aliphatic heterocycles. The van der Waals surface area contributed by atoms with Crippen LogP contribution in [0.2, 0.25) is 0 Å². The molecular formula is C34H50Cl3NO11. The summed E-state index contributed by atoms with van der Waals surface area (Å²) in [4.78, 5) is 24.8. The lowest BCUT2D eigenvalue weighted by molar-refractivity contribution is -0.264. The van der Waals surface area contributed by atoms with Crippen molar-refractivity contribution >= 4 is 47.1 Å². The molecule has 1 fully saturated rings. The summed E-state index contributed by atoms with van der Waals surface area (Å²) in [5, 5.41) is 14.0. The van der Waals surface area contributed by atoms with Gasteiger partial charge in [0, 0.05) is 6.61 Å². The Hall–Kier alpha value is -2.45. The summed E-state index contributed by atoms with van der Waals surface area (Å²) in [5.74, 6) is 0.757. The highest BCUT2D eigenvalue weighted by atomic mass is 35.6. The van der Waals surface area contributed by atoms with Gasteiger partial charge in [-0.3, -0.25) is 0 Å². The minimum Gasteiger partial charge on any atom is -0.497 e. The number of nitrogens with one attached hydrogen (secondary N) is 1. The van der Waals surface area contributed by atoms with Crippen LogP contribution in [0.5, 0.6) is 5.75 Å². The number of alkyl carbamates (subject to hydrolysis) is 1. The van der Waals surface area contributed by atoms with E-state index in [0.717, 1.165) is 43.4 Å². The van der Waals surface area contributed by atoms with E-state index in [1.165, 1.54) is 18.8 Å². The molecule has 0 unspecified atom stereocenters. The molecule has 1 aromatic rings. The van der Waals surface area contributed by atoms with Crippen LogP contribution in [0.3, 0.4) is 0 Å². The molecule has 1 saturated heterocycles. The van der Waals surface area contributed by atoms with E-state index in [1.807, 2.05) is 24.3 Å². The molecular weight excluding hydrogens is 705 g/mol. The minimum absolute atomic E-state index is 0.0612. The average molecular weight is 755 g/mol. The van der Waals surface area contributed by atoms with Gasteiger partial charge in [-0.25, -0.2) is 9.59 Å². The second kappa shape index (κ2) is 23.9. The van der Waals surface area contributed by atoms with Gasteiger partial charge >= 0.3 is 12.2 Å². The standard InChI is InChI=1S/C34H50Cl3NO11/c1-5-8-9-10-11-12-26(46-21-24-13-15-25(42-4)16-14-24)17-20-43-30-28(38-32(40)48-23-34(35,36)37)31(44-18-6-2)49-27(29(30)39)22-47-33(41)45-19-7-3/h6-7,13-16,18,26-31,39H,3,5,8-12,17,19-23H2,1-2,4H3,(H,38,40)/t26-,27-,28-,29-,30-,31+/m1/s1. The lowest BCUT2D eigenvalue weighted by Gasteiger charge is -2.43. The first-order valence-corrected chi connectivity index (χ1v) is 17.5. The summed E-state index contributed by atoms with van der Waals surface area (Å²) in [7, 11) is 1.62. The fourth-order valence-corrected chi connectivity index (χ4v) is 5.04. The monoisotopic (exact) mass is 753 g/mol. The Morgan fingerprint density at radius 3 is 2.47 bits per heavy atom. The molecule has 2 rings (SSSR count). The number of hydrogen-bond donors (Lipinski definition) is 2. The van der Waals surface area contributed by atoms with Gasteiger partial charge in [-0.05, 0) is 37.5 Å². The van der Waals surface area contributed by atoms with Crippen molar-refractivity contribution in [1.29, 1.82) is 0 Å². The number of ether oxygens (including phenoxy) is 8. The SMILES string of the molecule is C=CCOC(=O)OC[C@H]1O[C@H](OC=CC)[C@H](NC(=O)OCC(Cl)(Cl)Cl)[C@@H](OCC[C@@H](CCCCCCC)OCc2ccc(OC)cc2)[C@@H]1O. The van der Waals surface area contributed by atoms with E-state index < -0.39 is 59.9 Å². The number of aliphatic hydroxyl groups is 1. The smallest absolute Gasteiger partial charge is 0.497 e. The van der Waals surface area contributed by atoms with Crippen molar-refractivity contribution in [2.45, 2.75) is 106 Å². The maximum Gasteiger partial charge on any atom is 0.508 e. The molecule has 0 spiro atoms. The van der Waals surface area contributed by atoms with E-state index >= 15 is 0 Å². The fourth-order valence-electron chi connectivity index (χ4n) is 4.88. The number of amides is 1. The number of benzene rings is 1. The molecule has 15 heteroatoms. The van der Waals surface area contributed by atoms with Crippen LogP contribution in [-0.2, 0) is 39.8 Å². The number of allylic oxidation sites excluding steroid dienone is 1. The Morgan fingerprint density at radius 1 is 1.08 bits per heavy atom. The third-order valence-corrected chi connectivity index (χ3v) is 7.71. The zero-order valence-electron chi connectivity index (χ0n) is 28.4. The summed E-state index contributed by atoms with van der Waals surface area (Å²) in [6.45, 7) is 6.90. The number of unbranched alkanes of at least 4 members (excludes halogenated alkanes) is 4. The van der Waals surface area contributed by atoms with Gasteiger partial charge in [0.15, 0.2) is 0 Å². The Balaban J connectivity index is 2.21. The van der Waals surface area contributed by atoms with Gasteiger partial charge in [-0.1, -0.05) is 105 Å². The van der Waals surface area contributed by atoms with Gasteiger partial charge < -0.3 is 48.3 Å². The summed E-state index contributed by atoms with van der Waals surface area (Å²) in [5.41, 5.74) is 0.994. The Labute approximate surface area is 304 Å². The van der Waals surface area contributed by atoms with Crippen molar-refractivity contribution in [1.82, 2.24) is 5.32 Å². The Morgan fingerprint density at radius 2 is 1.82 bits per heavy atom. The Bertz CT molecular complexity index is 1120. The highest BCUT2D eigenvalue weighted by molar-refractivity contribution is 6.67. The summed E-state index contributed by atoms with van der Waals surface area (Å²) in [6, 6.07) is 6.55. The quantitative estimate of drug-likeness (QED) is 0.0410. The van der Waals surface area contributed by atoms with E-state index in [1.54, 1.807) is 20.1 Å². The van der Waals surface area contributed by atoms with Crippen LogP contribution in [0, 0.1) is 0 Å². The number of carbonyl (C=O) groups is 2. The second-order valence-electron chi connectivity index (χ2n) is 11.3. The minimum atomic E-state index is -1.85. The molecule has 0 aliphatic carbocycles. The fraction of sp³-hybridized carbons (Fsp3) is 0.647. The van der Waals surface area contributed by atoms with E-state index in [9.17, 15) is 14.7 Å². The number of aliphatic hydroxyl groups excluding tert-OH is 1. The third-order valence-electron chi connectivity index (χ3n) is 7.38. The van der Waals surface area contributed by atoms with E-state index in [2.05, 4.69) is 18.8 Å². The molecule has 12 nitrogen and oxygen atoms in total. The molecule has 0 saturated carbocycles. The van der Waals surface area contributed by atoms with Crippen LogP contribution in [0.15, 0.2) is 49.3 Å². The van der Waals surface area contributed by atoms with Crippen molar-refractivity contribution in [2.24, 2.45) is 0 Å². The van der Waals surface area contributed by atoms with Gasteiger partial charge in [-0.15, -0.1) is 0 Å². The largest absolute Gasteiger partial charge is 0.508 e. The van der Waals surface area contributed by atoms with Crippen molar-refractivity contribution in [3.63, 3.8) is 0 Å². The summed E-state index contributed by atoms with van der Waals surface area (Å²) in [6.07, 6.45) is 4.20. The van der Waals surface area contributed by atoms with Crippen molar-refractivity contribution in [3.05, 3.63) is 54.8 Å². The summed E-state index contributed by atoms with van der Waals surface area (Å²) < 4.78 is 42.7. The van der Waals surface area contributed by atoms with Crippen LogP contribution < -0.4 is 10.1 Å². The highest BCUT2D eigenvalue weighted by Gasteiger charge is 2.48. The molecule has 0 radical (unpaired) electrons. The first-order chi connectivity index (χ1) is 23.5. The van der Waals surface area contributed by atoms with Crippen LogP contribution in [-0.4, -0.2) is 91.4 Å². The molecule has 1 aromatic carbocycles. The van der Waals surface area contributed by atoms with Gasteiger partial charge in [0.25, 0.3) is 0 Å². The van der Waals surface area contributed by atoms with E-state index in [-0.39, 0.29) is 19.3 Å². The molecule has 1 heterocycles. The maximum absolute atomic E-state index is 12.8. The van der Waals surface area contributed by atoms with Crippen LogP contribution in [0.4, 0.5) is 9.59 Å². The molecule has 49 heavy (non-hydrogen) atoms. The van der Waals surface area contributed by atoms with Crippen LogP contribution in [0.25, 0.3) is 0 Å². The van der Waals surface area contributed by atoms with E-state index in [4.69, 9.17) is 72.7 Å². The molecule has 278 valence electrons. The van der Waals surface area contributed by atoms with Crippen molar-refractivity contribution in [3.8, 4) is 5.75 Å². The average Bonchev–Trinajstić information content (AvgIpc) is 3.08. The normalized spacial score (nSPS) is 21.5. The lowest BCUT2D eigenvalue weighted by atomic mass is 9.96.